The Morgan fingerprint density at radius 1 is 0.321 bits per heavy atom. The van der Waals surface area contributed by atoms with Crippen LogP contribution in [0.2, 0.25) is 0 Å². The summed E-state index contributed by atoms with van der Waals surface area (Å²) in [6.45, 7) is 4.70. The average molecular weight is 1670 g/mol. The summed E-state index contributed by atoms with van der Waals surface area (Å²) in [6, 6.07) is 115. The van der Waals surface area contributed by atoms with Crippen molar-refractivity contribution in [3.8, 4) is 22.6 Å². The van der Waals surface area contributed by atoms with Crippen LogP contribution in [0.4, 0.5) is 0 Å². The van der Waals surface area contributed by atoms with Gasteiger partial charge in [0.05, 0.1) is 9.79 Å². The maximum absolute atomic E-state index is 12.2. The molecule has 14 aromatic carbocycles. The Bertz CT molecular complexity index is 5530. The molecule has 0 radical (unpaired) electrons. The topological polar surface area (TPSA) is 226 Å². The van der Waals surface area contributed by atoms with Gasteiger partial charge >= 0.3 is 139 Å². The second-order valence-corrected chi connectivity index (χ2v) is 37.2. The Labute approximate surface area is 753 Å². The summed E-state index contributed by atoms with van der Waals surface area (Å²) in [5.41, 5.74) is 6.51. The molecule has 13 nitrogen and oxygen atoms in total. The largest absolute Gasteiger partial charge is 1.00 e. The minimum atomic E-state index is -4.68. The molecule has 112 heavy (non-hydrogen) atoms. The zero-order valence-electron chi connectivity index (χ0n) is 63.0. The Morgan fingerprint density at radius 3 is 0.875 bits per heavy atom. The van der Waals surface area contributed by atoms with E-state index >= 15 is 0 Å². The molecule has 0 amide bonds. The number of ether oxygens (including phenoxy) is 1. The molecule has 0 saturated carbocycles. The molecule has 0 N–H and O–H groups in total. The normalized spacial score (nSPS) is 12.0. The van der Waals surface area contributed by atoms with Gasteiger partial charge in [0.25, 0.3) is 0 Å². The van der Waals surface area contributed by atoms with E-state index in [2.05, 4.69) is 244 Å². The molecular weight excluding hydrogens is 1600 g/mol. The van der Waals surface area contributed by atoms with Crippen LogP contribution in [0.3, 0.4) is 0 Å². The summed E-state index contributed by atoms with van der Waals surface area (Å²) in [6.07, 6.45) is 1.11. The van der Waals surface area contributed by atoms with Gasteiger partial charge in [0.1, 0.15) is 31.7 Å². The van der Waals surface area contributed by atoms with E-state index in [1.165, 1.54) is 67.2 Å². The van der Waals surface area contributed by atoms with Crippen LogP contribution in [-0.2, 0) is 59.2 Å². The fraction of sp³-hybridized carbons (Fsp3) is 0.0575. The zero-order valence-corrected chi connectivity index (χ0v) is 77.8. The third-order valence-electron chi connectivity index (χ3n) is 18.0. The van der Waals surface area contributed by atoms with E-state index in [1.807, 2.05) is 72.8 Å². The fourth-order valence-corrected chi connectivity index (χ4v) is 24.1. The number of para-hydroxylation sites is 2. The number of fused-ring (bicyclic) bond motifs is 4. The van der Waals surface area contributed by atoms with Crippen molar-refractivity contribution in [3.05, 3.63) is 377 Å². The van der Waals surface area contributed by atoms with E-state index in [-0.39, 0.29) is 148 Å². The predicted octanol–water partition coefficient (Wildman–Crippen LogP) is 3.28. The second kappa shape index (κ2) is 43.9. The Kier molecular flexibility index (Phi) is 37.3. The van der Waals surface area contributed by atoms with Crippen LogP contribution < -0.4 is 176 Å². The summed E-state index contributed by atoms with van der Waals surface area (Å²) < 4.78 is 131. The van der Waals surface area contributed by atoms with Crippen molar-refractivity contribution in [2.24, 2.45) is 0 Å². The van der Waals surface area contributed by atoms with Gasteiger partial charge in [-0.25, -0.2) is 16.8 Å². The summed E-state index contributed by atoms with van der Waals surface area (Å²) in [4.78, 5) is -0.506. The van der Waals surface area contributed by atoms with E-state index in [0.29, 0.717) is 12.3 Å². The van der Waals surface area contributed by atoms with Gasteiger partial charge in [-0.1, -0.05) is 329 Å². The van der Waals surface area contributed by atoms with Crippen molar-refractivity contribution in [1.29, 1.82) is 0 Å². The Hall–Kier alpha value is -5.82. The maximum atomic E-state index is 12.2. The van der Waals surface area contributed by atoms with Crippen LogP contribution in [0, 0.1) is 14.9 Å². The maximum Gasteiger partial charge on any atom is 1.00 e. The van der Waals surface area contributed by atoms with E-state index < -0.39 is 73.1 Å². The summed E-state index contributed by atoms with van der Waals surface area (Å²) in [5, 5.41) is 15.7. The molecule has 0 aromatic heterocycles. The number of hydrogen-bond donors (Lipinski definition) is 0. The molecular formula is C87H72Na4O13P4S4. The van der Waals surface area contributed by atoms with E-state index in [0.717, 1.165) is 76.5 Å². The van der Waals surface area contributed by atoms with E-state index in [4.69, 9.17) is 30.0 Å². The molecule has 1 heterocycles. The number of rotatable bonds is 17. The van der Waals surface area contributed by atoms with Crippen molar-refractivity contribution in [2.75, 3.05) is 0 Å². The van der Waals surface area contributed by atoms with Crippen LogP contribution in [0.5, 0.6) is 11.5 Å². The minimum Gasteiger partial charge on any atom is -0.744 e. The SMILES string of the molecule is CC1(C)c2cccc(P(c3ccccc3)c3ccccc3)c2Oc2c(P(c3ccccc3)c3ccccc3)cccc21.O=S(=O)([O-])c1cccc(P(Cc2ccc3ccccc3c2-c2c(CP(c3ccccc3)c3cccc(S(=O)(=O)[O-])c3)ccc3ccccc23)c2ccccc2)c1.O=S(=O)=O.O=S(=O)=O.[CH3-].[CH3-].[Na+].[Na+].[Na+].[Na+]. The second-order valence-electron chi connectivity index (χ2n) is 24.8. The first-order chi connectivity index (χ1) is 51.1. The summed E-state index contributed by atoms with van der Waals surface area (Å²) in [7, 11) is -19.6. The molecule has 2 unspecified atom stereocenters. The van der Waals surface area contributed by atoms with Gasteiger partial charge < -0.3 is 28.7 Å². The molecule has 1 aliphatic rings. The summed E-state index contributed by atoms with van der Waals surface area (Å²) >= 11 is 0. The Morgan fingerprint density at radius 2 is 0.580 bits per heavy atom. The van der Waals surface area contributed by atoms with Gasteiger partial charge in [0.15, 0.2) is 0 Å². The predicted molar refractivity (Wildman–Crippen MR) is 443 cm³/mol. The number of benzene rings is 14. The van der Waals surface area contributed by atoms with Gasteiger partial charge in [-0.15, -0.1) is 25.3 Å². The molecule has 15 rings (SSSR count). The van der Waals surface area contributed by atoms with Crippen molar-refractivity contribution in [2.45, 2.75) is 41.4 Å². The van der Waals surface area contributed by atoms with Gasteiger partial charge in [-0.2, -0.15) is 0 Å². The molecule has 0 bridgehead atoms. The first-order valence-electron chi connectivity index (χ1n) is 33.2. The van der Waals surface area contributed by atoms with Crippen molar-refractivity contribution >= 4 is 148 Å². The monoisotopic (exact) mass is 1670 g/mol. The molecule has 0 saturated heterocycles. The van der Waals surface area contributed by atoms with E-state index in [9.17, 15) is 25.9 Å². The standard InChI is InChI=1S/C46H36O6P2S2.C39H32OP2.2CH3.4Na.2O3S/c47-55(48,49)41-21-11-19-39(29-41)53(37-15-3-1-4-16-37)31-35-27-25-33-13-7-9-23-43(33)45(35)46-36(28-26-34-14-8-10-24-44(34)46)32-54(38-17-5-2-6-18-38)40-20-12-22-42(30-40)56(50,51)52;1-39(2)33-25-15-27-35(41(29-17-7-3-8-18-29)30-19-9-4-10-20-30)37(33)40-38-34(39)26-16-28-36(38)42(31-21-11-5-12-22-31)32-23-13-6-14-24-32;;;;;;;2*1-4(2)3/h1-30H,31-32H2,(H,47,48,49)(H,50,51,52);3-28H,1-2H3;2*1H3;;;;;;/q;;2*-1;4*+1;;/p-2. The smallest absolute Gasteiger partial charge is 0.744 e. The van der Waals surface area contributed by atoms with Gasteiger partial charge in [-0.05, 0) is 142 Å². The molecule has 0 spiro atoms. The van der Waals surface area contributed by atoms with Crippen LogP contribution in [0.1, 0.15) is 36.1 Å². The van der Waals surface area contributed by atoms with Crippen LogP contribution in [0.15, 0.2) is 350 Å². The van der Waals surface area contributed by atoms with Crippen LogP contribution >= 0.6 is 31.7 Å². The van der Waals surface area contributed by atoms with Crippen LogP contribution in [-0.4, -0.2) is 51.2 Å². The molecule has 0 aliphatic carbocycles. The van der Waals surface area contributed by atoms with Gasteiger partial charge in [0, 0.05) is 39.5 Å². The summed E-state index contributed by atoms with van der Waals surface area (Å²) in [5.74, 6) is 2.02. The van der Waals surface area contributed by atoms with E-state index in [1.54, 1.807) is 12.1 Å². The molecule has 2 atom stereocenters. The van der Waals surface area contributed by atoms with Crippen molar-refractivity contribution in [3.63, 3.8) is 0 Å². The zero-order chi connectivity index (χ0) is 74.5. The number of hydrogen-bond acceptors (Lipinski definition) is 13. The average Bonchev–Trinajstić information content (AvgIpc) is 0.725. The quantitative estimate of drug-likeness (QED) is 0.0553. The third-order valence-corrected chi connectivity index (χ3v) is 29.5. The van der Waals surface area contributed by atoms with Crippen molar-refractivity contribution in [1.82, 2.24) is 0 Å². The van der Waals surface area contributed by atoms with Crippen molar-refractivity contribution < 1.29 is 174 Å². The van der Waals surface area contributed by atoms with Crippen LogP contribution in [0.25, 0.3) is 32.7 Å². The first kappa shape index (κ1) is 95.0. The fourth-order valence-electron chi connectivity index (χ4n) is 13.3. The van der Waals surface area contributed by atoms with Gasteiger partial charge in [-0.3, -0.25) is 0 Å². The van der Waals surface area contributed by atoms with Gasteiger partial charge in [0.2, 0.25) is 0 Å². The first-order valence-corrected chi connectivity index (χ1v) is 43.8. The minimum absolute atomic E-state index is 0. The third kappa shape index (κ3) is 23.3. The molecule has 14 aromatic rings. The molecule has 25 heteroatoms. The molecule has 546 valence electrons. The molecule has 0 fully saturated rings. The Balaban J connectivity index is 0.000000312. The molecule has 1 aliphatic heterocycles.